The molecule has 26 heavy (non-hydrogen) atoms. The van der Waals surface area contributed by atoms with Crippen LogP contribution in [0.25, 0.3) is 0 Å². The number of ether oxygens (including phenoxy) is 1. The van der Waals surface area contributed by atoms with Gasteiger partial charge in [-0.25, -0.2) is 0 Å². The second-order valence-corrected chi connectivity index (χ2v) is 7.33. The van der Waals surface area contributed by atoms with Gasteiger partial charge in [-0.15, -0.1) is 11.3 Å². The lowest BCUT2D eigenvalue weighted by atomic mass is 10.1. The zero-order chi connectivity index (χ0) is 18.7. The summed E-state index contributed by atoms with van der Waals surface area (Å²) in [6.45, 7) is 4.18. The Morgan fingerprint density at radius 3 is 2.88 bits per heavy atom. The molecule has 0 bridgehead atoms. The van der Waals surface area contributed by atoms with Crippen LogP contribution in [-0.4, -0.2) is 35.7 Å². The third kappa shape index (κ3) is 4.22. The Labute approximate surface area is 155 Å². The topological polar surface area (TPSA) is 76.8 Å². The Bertz CT molecular complexity index is 835. The number of fused-ring (bicyclic) bond motifs is 1. The van der Waals surface area contributed by atoms with Crippen LogP contribution < -0.4 is 0 Å². The summed E-state index contributed by atoms with van der Waals surface area (Å²) in [7, 11) is 0. The third-order valence-electron chi connectivity index (χ3n) is 4.44. The minimum Gasteiger partial charge on any atom is -0.466 e. The van der Waals surface area contributed by atoms with Crippen LogP contribution in [0, 0.1) is 6.92 Å². The van der Waals surface area contributed by atoms with Crippen molar-refractivity contribution in [2.75, 3.05) is 13.2 Å². The van der Waals surface area contributed by atoms with E-state index in [1.165, 1.54) is 17.4 Å². The molecule has 0 fully saturated rings. The van der Waals surface area contributed by atoms with E-state index in [1.807, 2.05) is 11.4 Å². The number of hydrogen-bond acceptors (Lipinski definition) is 6. The van der Waals surface area contributed by atoms with Gasteiger partial charge in [-0.1, -0.05) is 0 Å². The van der Waals surface area contributed by atoms with Crippen molar-refractivity contribution in [1.29, 1.82) is 0 Å². The Hall–Kier alpha value is -2.41. The zero-order valence-corrected chi connectivity index (χ0v) is 15.7. The maximum atomic E-state index is 12.2. The Morgan fingerprint density at radius 1 is 1.35 bits per heavy atom. The predicted octanol–water partition coefficient (Wildman–Crippen LogP) is 2.91. The molecule has 0 N–H and O–H groups in total. The molecule has 2 aromatic heterocycles. The highest BCUT2D eigenvalue weighted by atomic mass is 32.1. The van der Waals surface area contributed by atoms with Crippen LogP contribution in [0.15, 0.2) is 21.9 Å². The molecule has 0 unspecified atom stereocenters. The van der Waals surface area contributed by atoms with Crippen LogP contribution >= 0.6 is 11.3 Å². The number of amides is 1. The van der Waals surface area contributed by atoms with Crippen molar-refractivity contribution in [3.8, 4) is 0 Å². The first-order chi connectivity index (χ1) is 12.4. The first-order valence-corrected chi connectivity index (χ1v) is 9.41. The van der Waals surface area contributed by atoms with E-state index in [2.05, 4.69) is 0 Å². The minimum absolute atomic E-state index is 0.0685. The Balaban J connectivity index is 1.43. The number of aryl methyl sites for hydroxylation is 2. The second-order valence-electron chi connectivity index (χ2n) is 6.33. The highest BCUT2D eigenvalue weighted by Gasteiger charge is 2.22. The first kappa shape index (κ1) is 18.4. The average molecular weight is 375 g/mol. The van der Waals surface area contributed by atoms with Gasteiger partial charge in [-0.05, 0) is 43.3 Å². The van der Waals surface area contributed by atoms with Crippen molar-refractivity contribution in [1.82, 2.24) is 4.90 Å². The molecule has 1 aliphatic heterocycles. The van der Waals surface area contributed by atoms with Crippen molar-refractivity contribution in [2.45, 2.75) is 39.7 Å². The van der Waals surface area contributed by atoms with Crippen LogP contribution in [0.1, 0.15) is 45.7 Å². The second kappa shape index (κ2) is 7.86. The van der Waals surface area contributed by atoms with Gasteiger partial charge in [0.25, 0.3) is 5.91 Å². The molecule has 1 aliphatic rings. The van der Waals surface area contributed by atoms with Crippen LogP contribution in [0.4, 0.5) is 0 Å². The molecule has 7 heteroatoms. The lowest BCUT2D eigenvalue weighted by Crippen LogP contribution is -2.38. The molecule has 0 aromatic carbocycles. The molecule has 3 rings (SSSR count). The monoisotopic (exact) mass is 375 g/mol. The molecular formula is C19H21NO5S. The fraction of sp³-hybridized carbons (Fsp3) is 0.421. The summed E-state index contributed by atoms with van der Waals surface area (Å²) in [5.74, 6) is 0.417. The van der Waals surface area contributed by atoms with Crippen molar-refractivity contribution in [3.05, 3.63) is 45.0 Å². The summed E-state index contributed by atoms with van der Waals surface area (Å²) in [6.07, 6.45) is 1.29. The molecule has 2 aromatic rings. The SMILES string of the molecule is CC(=O)c1cc(CCC(=O)OCC(=O)N2CCc3sccc3C2)oc1C. The molecule has 0 radical (unpaired) electrons. The fourth-order valence-electron chi connectivity index (χ4n) is 3.01. The zero-order valence-electron chi connectivity index (χ0n) is 14.9. The number of ketones is 1. The number of carbonyl (C=O) groups excluding carboxylic acids is 3. The number of thiophene rings is 1. The molecule has 0 saturated heterocycles. The van der Waals surface area contributed by atoms with E-state index in [-0.39, 0.29) is 24.7 Å². The van der Waals surface area contributed by atoms with Gasteiger partial charge >= 0.3 is 5.97 Å². The highest BCUT2D eigenvalue weighted by Crippen LogP contribution is 2.24. The smallest absolute Gasteiger partial charge is 0.306 e. The number of rotatable bonds is 6. The van der Waals surface area contributed by atoms with Crippen LogP contribution in [0.5, 0.6) is 0 Å². The standard InChI is InChI=1S/C19H21NO5S/c1-12(21)16-9-15(25-13(16)2)3-4-19(23)24-11-18(22)20-7-5-17-14(10-20)6-8-26-17/h6,8-9H,3-5,7,10-11H2,1-2H3. The summed E-state index contributed by atoms with van der Waals surface area (Å²) >= 11 is 1.71. The van der Waals surface area contributed by atoms with E-state index in [0.717, 1.165) is 6.42 Å². The maximum absolute atomic E-state index is 12.2. The summed E-state index contributed by atoms with van der Waals surface area (Å²) in [6, 6.07) is 3.69. The summed E-state index contributed by atoms with van der Waals surface area (Å²) in [5.41, 5.74) is 1.71. The minimum atomic E-state index is -0.454. The lowest BCUT2D eigenvalue weighted by Gasteiger charge is -2.26. The summed E-state index contributed by atoms with van der Waals surface area (Å²) < 4.78 is 10.6. The van der Waals surface area contributed by atoms with Crippen molar-refractivity contribution in [2.24, 2.45) is 0 Å². The number of carbonyl (C=O) groups is 3. The highest BCUT2D eigenvalue weighted by molar-refractivity contribution is 7.10. The van der Waals surface area contributed by atoms with E-state index < -0.39 is 5.97 Å². The van der Waals surface area contributed by atoms with Crippen LogP contribution in [0.3, 0.4) is 0 Å². The van der Waals surface area contributed by atoms with Crippen molar-refractivity contribution in [3.63, 3.8) is 0 Å². The number of nitrogens with zero attached hydrogens (tertiary/aromatic N) is 1. The van der Waals surface area contributed by atoms with Gasteiger partial charge < -0.3 is 14.1 Å². The predicted molar refractivity (Wildman–Crippen MR) is 96.2 cm³/mol. The van der Waals surface area contributed by atoms with Crippen LogP contribution in [-0.2, 0) is 33.7 Å². The Morgan fingerprint density at radius 2 is 2.15 bits per heavy atom. The molecule has 0 aliphatic carbocycles. The average Bonchev–Trinajstić information content (AvgIpc) is 3.23. The van der Waals surface area contributed by atoms with Gasteiger partial charge in [0.2, 0.25) is 0 Å². The van der Waals surface area contributed by atoms with Crippen LogP contribution in [0.2, 0.25) is 0 Å². The summed E-state index contributed by atoms with van der Waals surface area (Å²) in [5, 5.41) is 2.03. The molecule has 0 atom stereocenters. The normalized spacial score (nSPS) is 13.4. The van der Waals surface area contributed by atoms with E-state index >= 15 is 0 Å². The Kier molecular flexibility index (Phi) is 5.56. The molecule has 1 amide bonds. The molecule has 0 spiro atoms. The van der Waals surface area contributed by atoms with Gasteiger partial charge in [-0.2, -0.15) is 0 Å². The molecule has 6 nitrogen and oxygen atoms in total. The van der Waals surface area contributed by atoms with E-state index in [4.69, 9.17) is 9.15 Å². The molecule has 138 valence electrons. The van der Waals surface area contributed by atoms with E-state index in [0.29, 0.717) is 36.6 Å². The third-order valence-corrected chi connectivity index (χ3v) is 5.46. The molecular weight excluding hydrogens is 354 g/mol. The molecule has 0 saturated carbocycles. The van der Waals surface area contributed by atoms with E-state index in [9.17, 15) is 14.4 Å². The number of hydrogen-bond donors (Lipinski definition) is 0. The lowest BCUT2D eigenvalue weighted by molar-refractivity contribution is -0.152. The largest absolute Gasteiger partial charge is 0.466 e. The number of furan rings is 1. The van der Waals surface area contributed by atoms with Gasteiger partial charge in [-0.3, -0.25) is 14.4 Å². The number of Topliss-reactive ketones (excluding diaryl/α,β-unsaturated/α-hetero) is 1. The van der Waals surface area contributed by atoms with Gasteiger partial charge in [0.15, 0.2) is 12.4 Å². The summed E-state index contributed by atoms with van der Waals surface area (Å²) in [4.78, 5) is 38.6. The van der Waals surface area contributed by atoms with Gasteiger partial charge in [0.1, 0.15) is 11.5 Å². The van der Waals surface area contributed by atoms with Crippen molar-refractivity contribution >= 4 is 29.0 Å². The first-order valence-electron chi connectivity index (χ1n) is 8.53. The van der Waals surface area contributed by atoms with E-state index in [1.54, 1.807) is 29.2 Å². The molecule has 3 heterocycles. The fourth-order valence-corrected chi connectivity index (χ4v) is 3.90. The van der Waals surface area contributed by atoms with Gasteiger partial charge in [0, 0.05) is 24.4 Å². The quantitative estimate of drug-likeness (QED) is 0.573. The van der Waals surface area contributed by atoms with Crippen molar-refractivity contribution < 1.29 is 23.5 Å². The number of esters is 1. The maximum Gasteiger partial charge on any atom is 0.306 e. The van der Waals surface area contributed by atoms with Gasteiger partial charge in [0.05, 0.1) is 12.0 Å².